The van der Waals surface area contributed by atoms with Crippen molar-refractivity contribution < 1.29 is 0 Å². The Labute approximate surface area is 105 Å². The molecule has 1 rings (SSSR count). The van der Waals surface area contributed by atoms with E-state index in [1.807, 2.05) is 30.3 Å². The molecule has 0 nitrogen and oxygen atoms in total. The number of halogens is 4. The number of rotatable bonds is 3. The van der Waals surface area contributed by atoms with Crippen molar-refractivity contribution in [3.63, 3.8) is 0 Å². The van der Waals surface area contributed by atoms with E-state index < -0.39 is 3.24 Å². The van der Waals surface area contributed by atoms with Gasteiger partial charge in [0.25, 0.3) is 0 Å². The molecule has 0 saturated carbocycles. The van der Waals surface area contributed by atoms with Crippen molar-refractivity contribution >= 4 is 55.1 Å². The molecule has 0 heterocycles. The van der Waals surface area contributed by atoms with Gasteiger partial charge in [-0.05, 0) is 21.5 Å². The maximum Gasteiger partial charge on any atom is 0.173 e. The summed E-state index contributed by atoms with van der Waals surface area (Å²) in [6, 6.07) is 10.0. The Hall–Kier alpha value is 0.760. The molecule has 0 spiro atoms. The molecule has 1 atom stereocenters. The van der Waals surface area contributed by atoms with E-state index in [1.165, 1.54) is 5.56 Å². The van der Waals surface area contributed by atoms with E-state index in [9.17, 15) is 0 Å². The highest BCUT2D eigenvalue weighted by atomic mass is 79.9. The Morgan fingerprint density at radius 2 is 1.77 bits per heavy atom. The van der Waals surface area contributed by atoms with E-state index in [-0.39, 0.29) is 4.83 Å². The Bertz CT molecular complexity index is 256. The van der Waals surface area contributed by atoms with Gasteiger partial charge in [-0.1, -0.05) is 69.5 Å². The monoisotopic (exact) mass is 344 g/mol. The Morgan fingerprint density at radius 3 is 2.23 bits per heavy atom. The first-order valence-electron chi connectivity index (χ1n) is 3.75. The predicted molar refractivity (Wildman–Crippen MR) is 66.1 cm³/mol. The van der Waals surface area contributed by atoms with Gasteiger partial charge in [0.15, 0.2) is 3.24 Å². The van der Waals surface area contributed by atoms with Gasteiger partial charge in [0, 0.05) is 11.2 Å². The minimum absolute atomic E-state index is 0.170. The smallest absolute Gasteiger partial charge is 0.0888 e. The van der Waals surface area contributed by atoms with Crippen LogP contribution in [-0.2, 0) is 0 Å². The van der Waals surface area contributed by atoms with E-state index in [2.05, 4.69) is 31.9 Å². The van der Waals surface area contributed by atoms with Gasteiger partial charge in [-0.25, -0.2) is 0 Å². The topological polar surface area (TPSA) is 0 Å². The van der Waals surface area contributed by atoms with Gasteiger partial charge in [0.05, 0.1) is 0 Å². The largest absolute Gasteiger partial charge is 0.173 e. The van der Waals surface area contributed by atoms with Crippen LogP contribution in [0.3, 0.4) is 0 Å². The van der Waals surface area contributed by atoms with Crippen LogP contribution in [-0.4, -0.2) is 3.24 Å². The zero-order valence-corrected chi connectivity index (χ0v) is 11.4. The first-order chi connectivity index (χ1) is 5.99. The zero-order valence-electron chi connectivity index (χ0n) is 6.68. The summed E-state index contributed by atoms with van der Waals surface area (Å²) in [5, 5.41) is 0. The maximum atomic E-state index is 5.83. The standard InChI is InChI=1S/C9H8Br2Cl2/c10-8(6-9(11,12)13)7-4-2-1-3-5-7/h1-5,8H,6H2. The van der Waals surface area contributed by atoms with Crippen molar-refractivity contribution in [2.24, 2.45) is 0 Å². The number of alkyl halides is 4. The molecule has 0 bridgehead atoms. The van der Waals surface area contributed by atoms with Gasteiger partial charge >= 0.3 is 0 Å². The SMILES string of the molecule is ClC(Cl)(Br)CC(Br)c1ccccc1. The second kappa shape index (κ2) is 5.01. The van der Waals surface area contributed by atoms with E-state index in [0.29, 0.717) is 6.42 Å². The van der Waals surface area contributed by atoms with Crippen LogP contribution >= 0.6 is 55.1 Å². The molecule has 0 aliphatic rings. The fraction of sp³-hybridized carbons (Fsp3) is 0.333. The van der Waals surface area contributed by atoms with Crippen LogP contribution in [0.5, 0.6) is 0 Å². The molecule has 0 fully saturated rings. The minimum atomic E-state index is -0.864. The predicted octanol–water partition coefficient (Wildman–Crippen LogP) is 5.04. The summed E-state index contributed by atoms with van der Waals surface area (Å²) in [7, 11) is 0. The van der Waals surface area contributed by atoms with Gasteiger partial charge in [-0.3, -0.25) is 0 Å². The van der Waals surface area contributed by atoms with E-state index in [0.717, 1.165) is 0 Å². The van der Waals surface area contributed by atoms with Gasteiger partial charge in [0.1, 0.15) is 0 Å². The van der Waals surface area contributed by atoms with Crippen molar-refractivity contribution in [3.8, 4) is 0 Å². The zero-order chi connectivity index (χ0) is 9.90. The second-order valence-corrected chi connectivity index (χ2v) is 7.55. The lowest BCUT2D eigenvalue weighted by atomic mass is 10.1. The molecular formula is C9H8Br2Cl2. The number of hydrogen-bond acceptors (Lipinski definition) is 0. The quantitative estimate of drug-likeness (QED) is 0.673. The van der Waals surface area contributed by atoms with Crippen LogP contribution in [0.25, 0.3) is 0 Å². The average Bonchev–Trinajstić information content (AvgIpc) is 2.03. The molecule has 13 heavy (non-hydrogen) atoms. The van der Waals surface area contributed by atoms with Crippen LogP contribution in [0.4, 0.5) is 0 Å². The average molecular weight is 347 g/mol. The van der Waals surface area contributed by atoms with Gasteiger partial charge < -0.3 is 0 Å². The van der Waals surface area contributed by atoms with Crippen LogP contribution in [0, 0.1) is 0 Å². The van der Waals surface area contributed by atoms with E-state index in [4.69, 9.17) is 23.2 Å². The fourth-order valence-electron chi connectivity index (χ4n) is 0.983. The second-order valence-electron chi connectivity index (χ2n) is 2.70. The van der Waals surface area contributed by atoms with Crippen molar-refractivity contribution in [2.45, 2.75) is 14.5 Å². The molecule has 0 amide bonds. The van der Waals surface area contributed by atoms with E-state index >= 15 is 0 Å². The first-order valence-corrected chi connectivity index (χ1v) is 6.21. The molecule has 0 saturated heterocycles. The molecule has 1 aromatic rings. The third-order valence-electron chi connectivity index (χ3n) is 1.57. The summed E-state index contributed by atoms with van der Waals surface area (Å²) in [4.78, 5) is 0.170. The molecule has 0 N–H and O–H groups in total. The van der Waals surface area contributed by atoms with Crippen LogP contribution in [0.1, 0.15) is 16.8 Å². The lowest BCUT2D eigenvalue weighted by molar-refractivity contribution is 0.859. The Morgan fingerprint density at radius 1 is 1.23 bits per heavy atom. The molecular weight excluding hydrogens is 339 g/mol. The summed E-state index contributed by atoms with van der Waals surface area (Å²) in [5.74, 6) is 0. The molecule has 0 aliphatic heterocycles. The minimum Gasteiger partial charge on any atom is -0.0888 e. The first kappa shape index (κ1) is 11.8. The summed E-state index contributed by atoms with van der Waals surface area (Å²) < 4.78 is -0.864. The molecule has 0 aromatic heterocycles. The van der Waals surface area contributed by atoms with Crippen LogP contribution < -0.4 is 0 Å². The summed E-state index contributed by atoms with van der Waals surface area (Å²) >= 11 is 18.4. The molecule has 1 aromatic carbocycles. The van der Waals surface area contributed by atoms with Crippen molar-refractivity contribution in [3.05, 3.63) is 35.9 Å². The maximum absolute atomic E-state index is 5.83. The highest BCUT2D eigenvalue weighted by Crippen LogP contribution is 2.41. The molecule has 1 unspecified atom stereocenters. The Balaban J connectivity index is 2.64. The molecule has 72 valence electrons. The number of benzene rings is 1. The fourth-order valence-corrected chi connectivity index (χ4v) is 3.21. The lowest BCUT2D eigenvalue weighted by Gasteiger charge is -2.16. The van der Waals surface area contributed by atoms with E-state index in [1.54, 1.807) is 0 Å². The third-order valence-corrected chi connectivity index (χ3v) is 3.06. The summed E-state index contributed by atoms with van der Waals surface area (Å²) in [5.41, 5.74) is 1.17. The van der Waals surface area contributed by atoms with Crippen molar-refractivity contribution in [2.75, 3.05) is 0 Å². The molecule has 0 radical (unpaired) electrons. The Kier molecular flexibility index (Phi) is 4.56. The van der Waals surface area contributed by atoms with Gasteiger partial charge in [0.2, 0.25) is 0 Å². The van der Waals surface area contributed by atoms with Gasteiger partial charge in [-0.15, -0.1) is 0 Å². The number of hydrogen-bond donors (Lipinski definition) is 0. The normalized spacial score (nSPS) is 14.2. The van der Waals surface area contributed by atoms with Crippen LogP contribution in [0.2, 0.25) is 0 Å². The summed E-state index contributed by atoms with van der Waals surface area (Å²) in [6.07, 6.45) is 0.611. The van der Waals surface area contributed by atoms with Crippen molar-refractivity contribution in [1.29, 1.82) is 0 Å². The summed E-state index contributed by atoms with van der Waals surface area (Å²) in [6.45, 7) is 0. The van der Waals surface area contributed by atoms with Crippen LogP contribution in [0.15, 0.2) is 30.3 Å². The highest BCUT2D eigenvalue weighted by Gasteiger charge is 2.24. The lowest BCUT2D eigenvalue weighted by Crippen LogP contribution is -2.05. The molecule has 0 aliphatic carbocycles. The third kappa shape index (κ3) is 4.68. The van der Waals surface area contributed by atoms with Gasteiger partial charge in [-0.2, -0.15) is 0 Å². The highest BCUT2D eigenvalue weighted by molar-refractivity contribution is 9.11. The molecule has 4 heteroatoms. The van der Waals surface area contributed by atoms with Crippen molar-refractivity contribution in [1.82, 2.24) is 0 Å².